The molecule has 0 rings (SSSR count). The first kappa shape index (κ1) is 29.8. The molecule has 0 fully saturated rings. The van der Waals surface area contributed by atoms with Gasteiger partial charge in [0, 0.05) is 0 Å². The van der Waals surface area contributed by atoms with Crippen LogP contribution in [0.4, 0.5) is 0 Å². The third-order valence-corrected chi connectivity index (χ3v) is 0.375. The molecule has 0 unspecified atom stereocenters. The third kappa shape index (κ3) is 248. The molecule has 0 spiro atoms. The van der Waals surface area contributed by atoms with Gasteiger partial charge < -0.3 is 34.4 Å². The topological polar surface area (TPSA) is 167 Å². The summed E-state index contributed by atoms with van der Waals surface area (Å²) in [5.74, 6) is 0. The number of nitriles is 1. The molecule has 6 N–H and O–H groups in total. The number of nitrogens with zero attached hydrogens (tertiary/aromatic N) is 1. The summed E-state index contributed by atoms with van der Waals surface area (Å²) in [6.07, 6.45) is 0. The number of thiocyanates is 1. The molecule has 97 valence electrons. The van der Waals surface area contributed by atoms with E-state index < -0.39 is 0 Å². The molecule has 0 aromatic rings. The van der Waals surface area contributed by atoms with E-state index in [9.17, 15) is 0 Å². The number of hydrogen-bond acceptors (Lipinski definition) is 2. The molecule has 1 radical (unpaired) electrons. The summed E-state index contributed by atoms with van der Waals surface area (Å²) in [7, 11) is 0. The van der Waals surface area contributed by atoms with Crippen LogP contribution >= 0.6 is 12.6 Å². The van der Waals surface area contributed by atoms with Gasteiger partial charge in [-0.1, -0.05) is 12.6 Å². The van der Waals surface area contributed by atoms with Crippen LogP contribution in [-0.4, -0.2) is 39.3 Å². The molecule has 0 aromatic heterocycles. The number of thiol groups is 1. The average molecular weight is 285 g/mol. The molecule has 0 aliphatic rings. The summed E-state index contributed by atoms with van der Waals surface area (Å²) in [6.45, 7) is 1.42. The summed E-state index contributed by atoms with van der Waals surface area (Å²) in [5, 5.41) is 8.63. The zero-order valence-corrected chi connectivity index (χ0v) is 11.2. The Morgan fingerprint density at radius 2 is 0.750 bits per heavy atom. The molecule has 0 amide bonds. The second-order valence-electron chi connectivity index (χ2n) is 1.60. The molecule has 16 heavy (non-hydrogen) atoms. The summed E-state index contributed by atoms with van der Waals surface area (Å²) >= 11 is 3.09. The second kappa shape index (κ2) is 59.4. The largest absolute Gasteiger partial charge is 3.00 e. The molecule has 9 heteroatoms. The van der Waals surface area contributed by atoms with E-state index in [4.69, 9.17) is 39.7 Å². The van der Waals surface area contributed by atoms with Crippen LogP contribution in [0.1, 0.15) is 0 Å². The fraction of sp³-hybridized carbons (Fsp3) is 0.857. The Bertz CT molecular complexity index is 85.7. The van der Waals surface area contributed by atoms with E-state index in [1.165, 1.54) is 5.40 Å². The Labute approximate surface area is 114 Å². The van der Waals surface area contributed by atoms with Crippen molar-refractivity contribution in [1.29, 1.82) is 5.26 Å². The van der Waals surface area contributed by atoms with E-state index in [2.05, 4.69) is 12.6 Å². The molecule has 0 saturated heterocycles. The van der Waals surface area contributed by atoms with Crippen LogP contribution in [0.25, 0.3) is 34.4 Å². The van der Waals surface area contributed by atoms with Crippen molar-refractivity contribution >= 4 is 12.6 Å². The Hall–Kier alpha value is 0.132. The van der Waals surface area contributed by atoms with Gasteiger partial charge in [0.05, 0.1) is 0 Å². The van der Waals surface area contributed by atoms with E-state index in [0.29, 0.717) is 0 Å². The first-order valence-corrected chi connectivity index (χ1v) is 4.52. The van der Waals surface area contributed by atoms with Gasteiger partial charge in [0.15, 0.2) is 0 Å². The first-order chi connectivity index (χ1) is 7.16. The van der Waals surface area contributed by atoms with Crippen molar-refractivity contribution in [2.24, 2.45) is 0 Å². The average Bonchev–Trinajstić information content (AvgIpc) is 2.30. The van der Waals surface area contributed by atoms with Gasteiger partial charge in [-0.2, -0.15) is 44.5 Å². The van der Waals surface area contributed by atoms with Crippen molar-refractivity contribution in [2.75, 3.05) is 39.3 Å². The molecule has 0 aliphatic heterocycles. The van der Waals surface area contributed by atoms with Crippen molar-refractivity contribution in [3.05, 3.63) is 34.4 Å². The summed E-state index contributed by atoms with van der Waals surface area (Å²) in [5.41, 5.74) is 37.6. The normalized spacial score (nSPS) is 6.12. The van der Waals surface area contributed by atoms with Crippen molar-refractivity contribution in [3.8, 4) is 5.40 Å². The van der Waals surface area contributed by atoms with Gasteiger partial charge in [-0.05, 0) is 0 Å². The third-order valence-electron chi connectivity index (χ3n) is 0.375. The van der Waals surface area contributed by atoms with Crippen LogP contribution in [0.15, 0.2) is 0 Å². The quantitative estimate of drug-likeness (QED) is 0.606. The molecular formula is C7H19CrN7S-3. The van der Waals surface area contributed by atoms with Gasteiger partial charge in [0.1, 0.15) is 5.40 Å². The number of hydrogen-bond donors (Lipinski definition) is 1. The first-order valence-electron chi connectivity index (χ1n) is 4.07. The van der Waals surface area contributed by atoms with Gasteiger partial charge in [0.25, 0.3) is 0 Å². The van der Waals surface area contributed by atoms with Crippen molar-refractivity contribution < 1.29 is 17.4 Å². The summed E-state index contributed by atoms with van der Waals surface area (Å²) in [6, 6.07) is 0. The maximum Gasteiger partial charge on any atom is 3.00 e. The fourth-order valence-corrected chi connectivity index (χ4v) is 0. The van der Waals surface area contributed by atoms with Gasteiger partial charge in [-0.15, -0.1) is 0 Å². The number of nitrogens with one attached hydrogen (secondary N) is 6. The SMILES string of the molecule is N#CS.[Cr+3].[NH-]CC[NH-].[NH-]CC[NH-].[NH-]CC[NH-]. The molecule has 0 saturated carbocycles. The molecule has 0 aliphatic carbocycles. The van der Waals surface area contributed by atoms with Crippen LogP contribution in [-0.2, 0) is 17.4 Å². The van der Waals surface area contributed by atoms with Gasteiger partial charge >= 0.3 is 17.4 Å². The van der Waals surface area contributed by atoms with Crippen LogP contribution in [0.3, 0.4) is 0 Å². The van der Waals surface area contributed by atoms with Crippen LogP contribution in [0, 0.1) is 10.7 Å². The minimum Gasteiger partial charge on any atom is -0.679 e. The monoisotopic (exact) mass is 285 g/mol. The Morgan fingerprint density at radius 1 is 0.688 bits per heavy atom. The number of rotatable bonds is 3. The Balaban J connectivity index is -0.0000000331. The summed E-state index contributed by atoms with van der Waals surface area (Å²) < 4.78 is 0. The fourth-order valence-electron chi connectivity index (χ4n) is 0. The Morgan fingerprint density at radius 3 is 0.750 bits per heavy atom. The van der Waals surface area contributed by atoms with E-state index in [0.717, 1.165) is 0 Å². The molecule has 0 aromatic carbocycles. The molecule has 0 heterocycles. The van der Waals surface area contributed by atoms with Crippen LogP contribution in [0.5, 0.6) is 0 Å². The predicted octanol–water partition coefficient (Wildman–Crippen LogP) is 3.67. The molecular weight excluding hydrogens is 266 g/mol. The molecule has 0 atom stereocenters. The summed E-state index contributed by atoms with van der Waals surface area (Å²) in [4.78, 5) is 0. The smallest absolute Gasteiger partial charge is 0.679 e. The van der Waals surface area contributed by atoms with Gasteiger partial charge in [-0.25, -0.2) is 0 Å². The molecule has 7 nitrogen and oxygen atoms in total. The second-order valence-corrected chi connectivity index (χ2v) is 1.80. The maximum absolute atomic E-state index is 7.18. The predicted molar refractivity (Wildman–Crippen MR) is 69.7 cm³/mol. The molecule has 0 bridgehead atoms. The van der Waals surface area contributed by atoms with Gasteiger partial charge in [0.2, 0.25) is 0 Å². The zero-order valence-electron chi connectivity index (χ0n) is 9.05. The maximum atomic E-state index is 7.18. The zero-order chi connectivity index (χ0) is 12.9. The van der Waals surface area contributed by atoms with Crippen LogP contribution < -0.4 is 0 Å². The van der Waals surface area contributed by atoms with E-state index in [1.807, 2.05) is 0 Å². The Kier molecular flexibility index (Phi) is 111. The minimum absolute atomic E-state index is 0. The van der Waals surface area contributed by atoms with E-state index >= 15 is 0 Å². The standard InChI is InChI=1S/3C2H6N2.CHNS.Cr/c3*3-1-2-4;2-1-3;/h3*3-4H,1-2H2;3H;/q3*-2;;+3. The van der Waals surface area contributed by atoms with E-state index in [1.54, 1.807) is 0 Å². The van der Waals surface area contributed by atoms with E-state index in [-0.39, 0.29) is 56.6 Å². The van der Waals surface area contributed by atoms with Gasteiger partial charge in [-0.3, -0.25) is 0 Å². The van der Waals surface area contributed by atoms with Crippen molar-refractivity contribution in [2.45, 2.75) is 0 Å². The minimum atomic E-state index is 0. The van der Waals surface area contributed by atoms with Crippen LogP contribution in [0.2, 0.25) is 0 Å². The van der Waals surface area contributed by atoms with Crippen molar-refractivity contribution in [1.82, 2.24) is 0 Å². The van der Waals surface area contributed by atoms with Crippen molar-refractivity contribution in [3.63, 3.8) is 0 Å².